The van der Waals surface area contributed by atoms with Gasteiger partial charge in [-0.25, -0.2) is 9.78 Å². The Morgan fingerprint density at radius 2 is 1.62 bits per heavy atom. The summed E-state index contributed by atoms with van der Waals surface area (Å²) in [6.45, 7) is 0.483. The molecule has 4 heteroatoms. The van der Waals surface area contributed by atoms with E-state index in [0.29, 0.717) is 12.1 Å². The predicted molar refractivity (Wildman–Crippen MR) is 104 cm³/mol. The second-order valence-corrected chi connectivity index (χ2v) is 6.00. The van der Waals surface area contributed by atoms with Gasteiger partial charge >= 0.3 is 5.97 Å². The van der Waals surface area contributed by atoms with E-state index in [0.717, 1.165) is 32.9 Å². The monoisotopic (exact) mass is 342 g/mol. The standard InChI is InChI=1S/C22H18N2O2/c23-13-14-26-22(25)20-17-9-4-5-12-19(17)24-21-16(10-6-11-18(20)21)15-7-2-1-3-8-15/h1-12H,13-14,23H2. The smallest absolute Gasteiger partial charge is 0.339 e. The molecular weight excluding hydrogens is 324 g/mol. The number of para-hydroxylation sites is 2. The van der Waals surface area contributed by atoms with Crippen molar-refractivity contribution in [2.24, 2.45) is 5.73 Å². The first-order chi connectivity index (χ1) is 12.8. The van der Waals surface area contributed by atoms with Crippen LogP contribution in [0.3, 0.4) is 0 Å². The van der Waals surface area contributed by atoms with Crippen LogP contribution < -0.4 is 5.73 Å². The van der Waals surface area contributed by atoms with Crippen LogP contribution in [0.25, 0.3) is 32.9 Å². The molecule has 0 fully saturated rings. The van der Waals surface area contributed by atoms with Crippen LogP contribution in [-0.2, 0) is 4.74 Å². The van der Waals surface area contributed by atoms with Crippen LogP contribution >= 0.6 is 0 Å². The average molecular weight is 342 g/mol. The van der Waals surface area contributed by atoms with Crippen LogP contribution in [0, 0.1) is 0 Å². The molecule has 2 N–H and O–H groups in total. The molecular formula is C22H18N2O2. The number of aromatic nitrogens is 1. The molecule has 3 aromatic carbocycles. The lowest BCUT2D eigenvalue weighted by molar-refractivity contribution is 0.0521. The highest BCUT2D eigenvalue weighted by Crippen LogP contribution is 2.33. The van der Waals surface area contributed by atoms with Crippen LogP contribution in [0.15, 0.2) is 72.8 Å². The minimum atomic E-state index is -0.371. The number of nitrogens with two attached hydrogens (primary N) is 1. The number of benzene rings is 3. The number of nitrogens with zero attached hydrogens (tertiary/aromatic N) is 1. The van der Waals surface area contributed by atoms with Crippen molar-refractivity contribution < 1.29 is 9.53 Å². The van der Waals surface area contributed by atoms with Gasteiger partial charge in [-0.3, -0.25) is 0 Å². The normalized spacial score (nSPS) is 11.0. The topological polar surface area (TPSA) is 65.2 Å². The van der Waals surface area contributed by atoms with E-state index in [-0.39, 0.29) is 12.6 Å². The largest absolute Gasteiger partial charge is 0.461 e. The molecule has 1 aromatic heterocycles. The number of hydrogen-bond acceptors (Lipinski definition) is 4. The van der Waals surface area contributed by atoms with Crippen molar-refractivity contribution in [3.63, 3.8) is 0 Å². The lowest BCUT2D eigenvalue weighted by Gasteiger charge is -2.13. The van der Waals surface area contributed by atoms with E-state index >= 15 is 0 Å². The van der Waals surface area contributed by atoms with Gasteiger partial charge in [0.1, 0.15) is 6.61 Å². The third kappa shape index (κ3) is 2.80. The van der Waals surface area contributed by atoms with Gasteiger partial charge in [-0.1, -0.05) is 66.7 Å². The number of ether oxygens (including phenoxy) is 1. The van der Waals surface area contributed by atoms with Gasteiger partial charge in [0.15, 0.2) is 0 Å². The Morgan fingerprint density at radius 3 is 2.42 bits per heavy atom. The second kappa shape index (κ2) is 6.94. The Morgan fingerprint density at radius 1 is 0.885 bits per heavy atom. The van der Waals surface area contributed by atoms with Gasteiger partial charge in [0.05, 0.1) is 16.6 Å². The fourth-order valence-corrected chi connectivity index (χ4v) is 3.21. The molecule has 1 heterocycles. The van der Waals surface area contributed by atoms with Gasteiger partial charge in [-0.05, 0) is 11.6 Å². The highest BCUT2D eigenvalue weighted by molar-refractivity contribution is 6.16. The molecule has 128 valence electrons. The summed E-state index contributed by atoms with van der Waals surface area (Å²) in [5.41, 5.74) is 9.63. The van der Waals surface area contributed by atoms with E-state index < -0.39 is 0 Å². The van der Waals surface area contributed by atoms with Gasteiger partial charge in [0.2, 0.25) is 0 Å². The molecule has 0 radical (unpaired) electrons. The van der Waals surface area contributed by atoms with E-state index in [9.17, 15) is 4.79 Å². The minimum absolute atomic E-state index is 0.190. The number of carbonyl (C=O) groups is 1. The highest BCUT2D eigenvalue weighted by atomic mass is 16.5. The summed E-state index contributed by atoms with van der Waals surface area (Å²) in [4.78, 5) is 17.6. The number of pyridine rings is 1. The number of hydrogen-bond donors (Lipinski definition) is 1. The molecule has 0 aliphatic heterocycles. The Hall–Kier alpha value is -3.24. The lowest BCUT2D eigenvalue weighted by Crippen LogP contribution is -2.14. The van der Waals surface area contributed by atoms with E-state index in [4.69, 9.17) is 15.5 Å². The van der Waals surface area contributed by atoms with Crippen molar-refractivity contribution in [2.45, 2.75) is 0 Å². The van der Waals surface area contributed by atoms with Gasteiger partial charge in [-0.15, -0.1) is 0 Å². The SMILES string of the molecule is NCCOC(=O)c1c2ccccc2nc2c(-c3ccccc3)cccc12. The van der Waals surface area contributed by atoms with Gasteiger partial charge < -0.3 is 10.5 Å². The number of rotatable bonds is 4. The molecule has 26 heavy (non-hydrogen) atoms. The van der Waals surface area contributed by atoms with E-state index in [1.807, 2.05) is 72.8 Å². The summed E-state index contributed by atoms with van der Waals surface area (Å²) >= 11 is 0. The van der Waals surface area contributed by atoms with E-state index in [1.165, 1.54) is 0 Å². The molecule has 0 atom stereocenters. The van der Waals surface area contributed by atoms with Crippen molar-refractivity contribution in [1.82, 2.24) is 4.98 Å². The summed E-state index contributed by atoms with van der Waals surface area (Å²) in [5, 5.41) is 1.57. The first-order valence-corrected chi connectivity index (χ1v) is 8.53. The van der Waals surface area contributed by atoms with Gasteiger partial charge in [-0.2, -0.15) is 0 Å². The van der Waals surface area contributed by atoms with Crippen molar-refractivity contribution in [2.75, 3.05) is 13.2 Å². The third-order valence-corrected chi connectivity index (χ3v) is 4.35. The van der Waals surface area contributed by atoms with Crippen molar-refractivity contribution in [3.05, 3.63) is 78.4 Å². The van der Waals surface area contributed by atoms with Crippen molar-refractivity contribution >= 4 is 27.8 Å². The number of carbonyl (C=O) groups excluding carboxylic acids is 1. The molecule has 0 unspecified atom stereocenters. The lowest BCUT2D eigenvalue weighted by atomic mass is 9.97. The van der Waals surface area contributed by atoms with Crippen LogP contribution in [0.4, 0.5) is 0 Å². The summed E-state index contributed by atoms with van der Waals surface area (Å²) in [7, 11) is 0. The fourth-order valence-electron chi connectivity index (χ4n) is 3.21. The summed E-state index contributed by atoms with van der Waals surface area (Å²) in [6.07, 6.45) is 0. The van der Waals surface area contributed by atoms with Crippen LogP contribution in [-0.4, -0.2) is 24.1 Å². The maximum absolute atomic E-state index is 12.8. The molecule has 0 bridgehead atoms. The fraction of sp³-hybridized carbons (Fsp3) is 0.0909. The summed E-state index contributed by atoms with van der Waals surface area (Å²) in [6, 6.07) is 23.6. The Labute approximate surface area is 151 Å². The van der Waals surface area contributed by atoms with Crippen LogP contribution in [0.1, 0.15) is 10.4 Å². The second-order valence-electron chi connectivity index (χ2n) is 6.00. The molecule has 0 amide bonds. The minimum Gasteiger partial charge on any atom is -0.461 e. The third-order valence-electron chi connectivity index (χ3n) is 4.35. The zero-order valence-corrected chi connectivity index (χ0v) is 14.2. The van der Waals surface area contributed by atoms with Gasteiger partial charge in [0.25, 0.3) is 0 Å². The van der Waals surface area contributed by atoms with Crippen LogP contribution in [0.5, 0.6) is 0 Å². The molecule has 4 nitrogen and oxygen atoms in total. The molecule has 0 spiro atoms. The first-order valence-electron chi connectivity index (χ1n) is 8.53. The zero-order chi connectivity index (χ0) is 17.9. The first kappa shape index (κ1) is 16.2. The molecule has 0 saturated carbocycles. The van der Waals surface area contributed by atoms with Crippen molar-refractivity contribution in [1.29, 1.82) is 0 Å². The summed E-state index contributed by atoms with van der Waals surface area (Å²) < 4.78 is 5.35. The van der Waals surface area contributed by atoms with Crippen molar-refractivity contribution in [3.8, 4) is 11.1 Å². The Balaban J connectivity index is 2.05. The molecule has 0 saturated heterocycles. The number of fused-ring (bicyclic) bond motifs is 2. The molecule has 0 aliphatic carbocycles. The summed E-state index contributed by atoms with van der Waals surface area (Å²) in [5.74, 6) is -0.371. The molecule has 4 rings (SSSR count). The quantitative estimate of drug-likeness (QED) is 0.446. The van der Waals surface area contributed by atoms with Crippen LogP contribution in [0.2, 0.25) is 0 Å². The average Bonchev–Trinajstić information content (AvgIpc) is 2.70. The molecule has 4 aromatic rings. The highest BCUT2D eigenvalue weighted by Gasteiger charge is 2.19. The zero-order valence-electron chi connectivity index (χ0n) is 14.2. The maximum atomic E-state index is 12.8. The molecule has 0 aliphatic rings. The van der Waals surface area contributed by atoms with E-state index in [2.05, 4.69) is 0 Å². The predicted octanol–water partition coefficient (Wildman–Crippen LogP) is 4.17. The Bertz CT molecular complexity index is 1090. The Kier molecular flexibility index (Phi) is 4.33. The number of esters is 1. The van der Waals surface area contributed by atoms with E-state index in [1.54, 1.807) is 0 Å². The maximum Gasteiger partial charge on any atom is 0.339 e. The van der Waals surface area contributed by atoms with Gasteiger partial charge in [0, 0.05) is 22.9 Å².